The molecule has 0 amide bonds. The SMILES string of the molecule is CCCc1cc(-n2nc(C)c(C(=O)O)c2C)ncn1. The summed E-state index contributed by atoms with van der Waals surface area (Å²) < 4.78 is 1.56. The van der Waals surface area contributed by atoms with Crippen molar-refractivity contribution < 1.29 is 9.90 Å². The monoisotopic (exact) mass is 260 g/mol. The summed E-state index contributed by atoms with van der Waals surface area (Å²) in [6, 6.07) is 1.84. The van der Waals surface area contributed by atoms with E-state index in [2.05, 4.69) is 22.0 Å². The zero-order chi connectivity index (χ0) is 14.0. The molecule has 0 saturated carbocycles. The van der Waals surface area contributed by atoms with Crippen molar-refractivity contribution in [3.8, 4) is 5.82 Å². The van der Waals surface area contributed by atoms with Crippen LogP contribution in [0.5, 0.6) is 0 Å². The van der Waals surface area contributed by atoms with Gasteiger partial charge in [0.2, 0.25) is 0 Å². The van der Waals surface area contributed by atoms with Crippen molar-refractivity contribution in [3.63, 3.8) is 0 Å². The lowest BCUT2D eigenvalue weighted by atomic mass is 10.2. The predicted octanol–water partition coefficient (Wildman–Crippen LogP) is 1.93. The summed E-state index contributed by atoms with van der Waals surface area (Å²) >= 11 is 0. The Bertz CT molecular complexity index is 619. The van der Waals surface area contributed by atoms with Crippen LogP contribution in [0.2, 0.25) is 0 Å². The molecule has 0 aliphatic carbocycles. The molecular formula is C13H16N4O2. The number of aryl methyl sites for hydroxylation is 2. The molecule has 6 nitrogen and oxygen atoms in total. The maximum atomic E-state index is 11.2. The molecule has 2 heterocycles. The minimum Gasteiger partial charge on any atom is -0.478 e. The van der Waals surface area contributed by atoms with Gasteiger partial charge in [0.25, 0.3) is 0 Å². The zero-order valence-electron chi connectivity index (χ0n) is 11.2. The molecular weight excluding hydrogens is 244 g/mol. The molecule has 0 aliphatic rings. The third-order valence-electron chi connectivity index (χ3n) is 2.94. The minimum atomic E-state index is -0.968. The molecule has 100 valence electrons. The third-order valence-corrected chi connectivity index (χ3v) is 2.94. The van der Waals surface area contributed by atoms with E-state index in [1.165, 1.54) is 6.33 Å². The van der Waals surface area contributed by atoms with Gasteiger partial charge in [-0.3, -0.25) is 0 Å². The second-order valence-corrected chi connectivity index (χ2v) is 4.38. The number of hydrogen-bond donors (Lipinski definition) is 1. The maximum Gasteiger partial charge on any atom is 0.339 e. The largest absolute Gasteiger partial charge is 0.478 e. The maximum absolute atomic E-state index is 11.2. The number of aromatic nitrogens is 4. The summed E-state index contributed by atoms with van der Waals surface area (Å²) in [5.41, 5.74) is 2.22. The number of nitrogens with zero attached hydrogens (tertiary/aromatic N) is 4. The number of hydrogen-bond acceptors (Lipinski definition) is 4. The average molecular weight is 260 g/mol. The van der Waals surface area contributed by atoms with Crippen LogP contribution in [0.4, 0.5) is 0 Å². The molecule has 2 aromatic heterocycles. The molecule has 2 rings (SSSR count). The number of rotatable bonds is 4. The van der Waals surface area contributed by atoms with Crippen molar-refractivity contribution in [2.45, 2.75) is 33.6 Å². The fourth-order valence-electron chi connectivity index (χ4n) is 2.07. The lowest BCUT2D eigenvalue weighted by Gasteiger charge is -2.05. The summed E-state index contributed by atoms with van der Waals surface area (Å²) in [4.78, 5) is 19.5. The Balaban J connectivity index is 2.50. The van der Waals surface area contributed by atoms with Gasteiger partial charge in [-0.25, -0.2) is 19.4 Å². The first-order chi connectivity index (χ1) is 9.04. The van der Waals surface area contributed by atoms with E-state index in [-0.39, 0.29) is 5.56 Å². The van der Waals surface area contributed by atoms with Crippen LogP contribution in [0.25, 0.3) is 5.82 Å². The summed E-state index contributed by atoms with van der Waals surface area (Å²) in [6.07, 6.45) is 3.34. The average Bonchev–Trinajstić information content (AvgIpc) is 2.65. The van der Waals surface area contributed by atoms with E-state index >= 15 is 0 Å². The number of carboxylic acids is 1. The van der Waals surface area contributed by atoms with E-state index in [0.29, 0.717) is 17.2 Å². The first-order valence-electron chi connectivity index (χ1n) is 6.15. The molecule has 0 radical (unpaired) electrons. The van der Waals surface area contributed by atoms with Crippen LogP contribution >= 0.6 is 0 Å². The molecule has 0 aliphatic heterocycles. The summed E-state index contributed by atoms with van der Waals surface area (Å²) in [6.45, 7) is 5.49. The van der Waals surface area contributed by atoms with Gasteiger partial charge in [0.15, 0.2) is 5.82 Å². The van der Waals surface area contributed by atoms with Crippen LogP contribution < -0.4 is 0 Å². The molecule has 19 heavy (non-hydrogen) atoms. The van der Waals surface area contributed by atoms with Crippen molar-refractivity contribution in [2.24, 2.45) is 0 Å². The van der Waals surface area contributed by atoms with Gasteiger partial charge in [-0.05, 0) is 20.3 Å². The summed E-state index contributed by atoms with van der Waals surface area (Å²) in [5, 5.41) is 13.4. The molecule has 2 aromatic rings. The Morgan fingerprint density at radius 2 is 2.11 bits per heavy atom. The van der Waals surface area contributed by atoms with Crippen molar-refractivity contribution in [2.75, 3.05) is 0 Å². The smallest absolute Gasteiger partial charge is 0.339 e. The molecule has 0 saturated heterocycles. The predicted molar refractivity (Wildman–Crippen MR) is 69.6 cm³/mol. The standard InChI is InChI=1S/C13H16N4O2/c1-4-5-10-6-11(15-7-14-10)17-9(3)12(13(18)19)8(2)16-17/h6-7H,4-5H2,1-3H3,(H,18,19). The highest BCUT2D eigenvalue weighted by molar-refractivity contribution is 5.90. The van der Waals surface area contributed by atoms with Gasteiger partial charge >= 0.3 is 5.97 Å². The van der Waals surface area contributed by atoms with E-state index in [9.17, 15) is 4.79 Å². The van der Waals surface area contributed by atoms with Gasteiger partial charge in [-0.2, -0.15) is 5.10 Å². The molecule has 0 spiro atoms. The molecule has 1 N–H and O–H groups in total. The highest BCUT2D eigenvalue weighted by Gasteiger charge is 2.19. The van der Waals surface area contributed by atoms with Gasteiger partial charge in [0.1, 0.15) is 11.9 Å². The van der Waals surface area contributed by atoms with Gasteiger partial charge in [0.05, 0.1) is 11.4 Å². The van der Waals surface area contributed by atoms with E-state index in [1.807, 2.05) is 6.07 Å². The number of carbonyl (C=O) groups is 1. The Hall–Kier alpha value is -2.24. The Labute approximate surface area is 111 Å². The minimum absolute atomic E-state index is 0.232. The van der Waals surface area contributed by atoms with Crippen molar-refractivity contribution in [1.29, 1.82) is 0 Å². The van der Waals surface area contributed by atoms with Crippen LogP contribution in [0.3, 0.4) is 0 Å². The highest BCUT2D eigenvalue weighted by Crippen LogP contribution is 2.17. The molecule has 0 aromatic carbocycles. The fraction of sp³-hybridized carbons (Fsp3) is 0.385. The van der Waals surface area contributed by atoms with Crippen LogP contribution in [0, 0.1) is 13.8 Å². The van der Waals surface area contributed by atoms with E-state index in [4.69, 9.17) is 5.11 Å². The lowest BCUT2D eigenvalue weighted by molar-refractivity contribution is 0.0695. The van der Waals surface area contributed by atoms with E-state index in [1.54, 1.807) is 18.5 Å². The topological polar surface area (TPSA) is 80.9 Å². The van der Waals surface area contributed by atoms with E-state index in [0.717, 1.165) is 18.5 Å². The molecule has 6 heteroatoms. The molecule has 0 fully saturated rings. The van der Waals surface area contributed by atoms with Crippen LogP contribution in [-0.4, -0.2) is 30.8 Å². The highest BCUT2D eigenvalue weighted by atomic mass is 16.4. The number of aromatic carboxylic acids is 1. The summed E-state index contributed by atoms with van der Waals surface area (Å²) in [7, 11) is 0. The van der Waals surface area contributed by atoms with Gasteiger partial charge < -0.3 is 5.11 Å². The van der Waals surface area contributed by atoms with E-state index < -0.39 is 5.97 Å². The van der Waals surface area contributed by atoms with Gasteiger partial charge in [-0.15, -0.1) is 0 Å². The quantitative estimate of drug-likeness (QED) is 0.908. The van der Waals surface area contributed by atoms with Crippen molar-refractivity contribution >= 4 is 5.97 Å². The molecule has 0 unspecified atom stereocenters. The van der Waals surface area contributed by atoms with Gasteiger partial charge in [-0.1, -0.05) is 13.3 Å². The number of carboxylic acid groups (broad SMARTS) is 1. The Morgan fingerprint density at radius 3 is 2.68 bits per heavy atom. The van der Waals surface area contributed by atoms with Crippen LogP contribution in [0.15, 0.2) is 12.4 Å². The zero-order valence-corrected chi connectivity index (χ0v) is 11.2. The first-order valence-corrected chi connectivity index (χ1v) is 6.15. The van der Waals surface area contributed by atoms with Crippen LogP contribution in [0.1, 0.15) is 40.8 Å². The second kappa shape index (κ2) is 5.17. The Morgan fingerprint density at radius 1 is 1.37 bits per heavy atom. The fourth-order valence-corrected chi connectivity index (χ4v) is 2.07. The Kier molecular flexibility index (Phi) is 3.59. The van der Waals surface area contributed by atoms with Crippen molar-refractivity contribution in [3.05, 3.63) is 35.0 Å². The first kappa shape index (κ1) is 13.2. The molecule has 0 bridgehead atoms. The second-order valence-electron chi connectivity index (χ2n) is 4.38. The third kappa shape index (κ3) is 2.47. The van der Waals surface area contributed by atoms with Crippen molar-refractivity contribution in [1.82, 2.24) is 19.7 Å². The lowest BCUT2D eigenvalue weighted by Crippen LogP contribution is -2.05. The van der Waals surface area contributed by atoms with Gasteiger partial charge in [0, 0.05) is 11.8 Å². The normalized spacial score (nSPS) is 10.7. The summed E-state index contributed by atoms with van der Waals surface area (Å²) in [5.74, 6) is -0.365. The van der Waals surface area contributed by atoms with Crippen LogP contribution in [-0.2, 0) is 6.42 Å². The molecule has 0 atom stereocenters.